The number of rotatable bonds is 2. The zero-order chi connectivity index (χ0) is 13.3. The van der Waals surface area contributed by atoms with E-state index in [1.54, 1.807) is 12.1 Å². The summed E-state index contributed by atoms with van der Waals surface area (Å²) in [6, 6.07) is 6.37. The lowest BCUT2D eigenvalue weighted by Gasteiger charge is -2.07. The number of halogens is 2. The molecule has 1 aromatic carbocycles. The number of aromatic nitrogens is 2. The Kier molecular flexibility index (Phi) is 3.67. The molecule has 0 aliphatic heterocycles. The first kappa shape index (κ1) is 13.0. The number of hydrogen-bond acceptors (Lipinski definition) is 3. The van der Waals surface area contributed by atoms with Crippen LogP contribution in [0.1, 0.15) is 10.5 Å². The Morgan fingerprint density at radius 3 is 2.72 bits per heavy atom. The highest BCUT2D eigenvalue weighted by molar-refractivity contribution is 14.1. The Labute approximate surface area is 120 Å². The van der Waals surface area contributed by atoms with E-state index in [4.69, 9.17) is 16.7 Å². The Morgan fingerprint density at radius 1 is 1.39 bits per heavy atom. The zero-order valence-corrected chi connectivity index (χ0v) is 11.7. The fourth-order valence-corrected chi connectivity index (χ4v) is 2.30. The molecule has 0 spiro atoms. The van der Waals surface area contributed by atoms with Crippen LogP contribution in [0.25, 0.3) is 5.69 Å². The maximum Gasteiger partial charge on any atom is 0.360 e. The van der Waals surface area contributed by atoms with E-state index >= 15 is 0 Å². The topological polar surface area (TPSA) is 72.2 Å². The van der Waals surface area contributed by atoms with E-state index in [9.17, 15) is 9.59 Å². The highest BCUT2D eigenvalue weighted by Gasteiger charge is 2.12. The molecule has 0 fully saturated rings. The minimum atomic E-state index is -1.36. The predicted molar refractivity (Wildman–Crippen MR) is 74.5 cm³/mol. The molecule has 0 radical (unpaired) electrons. The number of aromatic carboxylic acids is 1. The van der Waals surface area contributed by atoms with Gasteiger partial charge >= 0.3 is 5.97 Å². The predicted octanol–water partition coefficient (Wildman–Crippen LogP) is 2.19. The van der Waals surface area contributed by atoms with Crippen LogP contribution in [0.15, 0.2) is 35.3 Å². The smallest absolute Gasteiger partial charge is 0.360 e. The fourth-order valence-electron chi connectivity index (χ4n) is 1.36. The van der Waals surface area contributed by atoms with Crippen molar-refractivity contribution in [2.75, 3.05) is 0 Å². The first-order valence-corrected chi connectivity index (χ1v) is 6.23. The van der Waals surface area contributed by atoms with Crippen LogP contribution in [-0.2, 0) is 0 Å². The Bertz CT molecular complexity index is 684. The molecule has 0 atom stereocenters. The van der Waals surface area contributed by atoms with E-state index in [2.05, 4.69) is 27.7 Å². The van der Waals surface area contributed by atoms with Gasteiger partial charge in [0.25, 0.3) is 0 Å². The molecule has 2 aromatic rings. The average molecular weight is 377 g/mol. The number of benzene rings is 1. The van der Waals surface area contributed by atoms with Crippen LogP contribution in [-0.4, -0.2) is 20.9 Å². The monoisotopic (exact) mass is 376 g/mol. The SMILES string of the molecule is O=C(O)c1nn(-c2ccc(I)cc2Cl)ccc1=O. The first-order valence-electron chi connectivity index (χ1n) is 4.78. The fraction of sp³-hybridized carbons (Fsp3) is 0. The lowest BCUT2D eigenvalue weighted by Crippen LogP contribution is -2.20. The number of hydrogen-bond donors (Lipinski definition) is 1. The molecule has 5 nitrogen and oxygen atoms in total. The van der Waals surface area contributed by atoms with E-state index in [0.717, 1.165) is 9.64 Å². The molecule has 2 rings (SSSR count). The molecule has 92 valence electrons. The molecule has 1 aromatic heterocycles. The normalized spacial score (nSPS) is 10.3. The summed E-state index contributed by atoms with van der Waals surface area (Å²) in [6.45, 7) is 0. The van der Waals surface area contributed by atoms with Crippen molar-refractivity contribution in [2.24, 2.45) is 0 Å². The Morgan fingerprint density at radius 2 is 2.11 bits per heavy atom. The van der Waals surface area contributed by atoms with Gasteiger partial charge in [0.1, 0.15) is 0 Å². The molecule has 0 saturated heterocycles. The summed E-state index contributed by atoms with van der Waals surface area (Å²) in [5, 5.41) is 13.0. The maximum atomic E-state index is 11.3. The summed E-state index contributed by atoms with van der Waals surface area (Å²) in [5.74, 6) is -1.36. The largest absolute Gasteiger partial charge is 0.476 e. The van der Waals surface area contributed by atoms with Gasteiger partial charge in [-0.25, -0.2) is 9.48 Å². The third-order valence-electron chi connectivity index (χ3n) is 2.17. The lowest BCUT2D eigenvalue weighted by atomic mass is 10.3. The van der Waals surface area contributed by atoms with Crippen LogP contribution in [0.5, 0.6) is 0 Å². The molecule has 1 N–H and O–H groups in total. The maximum absolute atomic E-state index is 11.3. The second-order valence-electron chi connectivity index (χ2n) is 3.37. The molecule has 7 heteroatoms. The van der Waals surface area contributed by atoms with Gasteiger partial charge < -0.3 is 5.11 Å². The van der Waals surface area contributed by atoms with E-state index in [1.165, 1.54) is 10.9 Å². The van der Waals surface area contributed by atoms with Gasteiger partial charge in [0.2, 0.25) is 11.1 Å². The molecule has 0 saturated carbocycles. The molecule has 0 unspecified atom stereocenters. The van der Waals surface area contributed by atoms with E-state index in [0.29, 0.717) is 10.7 Å². The standard InChI is InChI=1S/C11H6ClIN2O3/c12-7-5-6(13)1-2-8(7)15-4-3-9(16)10(14-15)11(17)18/h1-5H,(H,17,18). The molecule has 0 bridgehead atoms. The number of carboxylic acid groups (broad SMARTS) is 1. The molecule has 1 heterocycles. The van der Waals surface area contributed by atoms with E-state index in [1.807, 2.05) is 6.07 Å². The van der Waals surface area contributed by atoms with E-state index < -0.39 is 17.1 Å². The van der Waals surface area contributed by atoms with Crippen molar-refractivity contribution < 1.29 is 9.90 Å². The zero-order valence-electron chi connectivity index (χ0n) is 8.80. The van der Waals surface area contributed by atoms with Gasteiger partial charge in [0, 0.05) is 15.8 Å². The quantitative estimate of drug-likeness (QED) is 0.816. The van der Waals surface area contributed by atoms with Gasteiger partial charge in [0.15, 0.2) is 0 Å². The summed E-state index contributed by atoms with van der Waals surface area (Å²) in [6.07, 6.45) is 1.38. The molecule has 0 aliphatic rings. The van der Waals surface area contributed by atoms with Gasteiger partial charge in [0.05, 0.1) is 10.7 Å². The van der Waals surface area contributed by atoms with Gasteiger partial charge in [-0.1, -0.05) is 11.6 Å². The molecule has 0 aliphatic carbocycles. The minimum absolute atomic E-state index is 0.425. The van der Waals surface area contributed by atoms with Crippen LogP contribution in [0.3, 0.4) is 0 Å². The Hall–Kier alpha value is -1.41. The van der Waals surface area contributed by atoms with Crippen molar-refractivity contribution in [1.82, 2.24) is 9.78 Å². The minimum Gasteiger partial charge on any atom is -0.476 e. The van der Waals surface area contributed by atoms with Crippen LogP contribution in [0.4, 0.5) is 0 Å². The lowest BCUT2D eigenvalue weighted by molar-refractivity contribution is 0.0687. The summed E-state index contributed by atoms with van der Waals surface area (Å²) in [4.78, 5) is 22.1. The van der Waals surface area contributed by atoms with Crippen molar-refractivity contribution in [3.8, 4) is 5.69 Å². The summed E-state index contributed by atoms with van der Waals surface area (Å²) < 4.78 is 2.21. The number of nitrogens with zero attached hydrogens (tertiary/aromatic N) is 2. The van der Waals surface area contributed by atoms with Crippen molar-refractivity contribution in [3.05, 3.63) is 55.0 Å². The highest BCUT2D eigenvalue weighted by Crippen LogP contribution is 2.21. The molecular formula is C11H6ClIN2O3. The summed E-state index contributed by atoms with van der Waals surface area (Å²) in [7, 11) is 0. The molecule has 0 amide bonds. The third-order valence-corrected chi connectivity index (χ3v) is 3.14. The van der Waals surface area contributed by atoms with E-state index in [-0.39, 0.29) is 0 Å². The molecular weight excluding hydrogens is 370 g/mol. The van der Waals surface area contributed by atoms with Crippen molar-refractivity contribution in [1.29, 1.82) is 0 Å². The van der Waals surface area contributed by atoms with Crippen LogP contribution < -0.4 is 5.43 Å². The summed E-state index contributed by atoms with van der Waals surface area (Å²) >= 11 is 8.15. The van der Waals surface area contributed by atoms with Crippen LogP contribution in [0, 0.1) is 3.57 Å². The number of carboxylic acids is 1. The van der Waals surface area contributed by atoms with Gasteiger partial charge in [-0.2, -0.15) is 5.10 Å². The van der Waals surface area contributed by atoms with Crippen LogP contribution >= 0.6 is 34.2 Å². The van der Waals surface area contributed by atoms with Crippen molar-refractivity contribution in [3.63, 3.8) is 0 Å². The van der Waals surface area contributed by atoms with Crippen LogP contribution in [0.2, 0.25) is 5.02 Å². The van der Waals surface area contributed by atoms with Gasteiger partial charge in [-0.3, -0.25) is 4.79 Å². The van der Waals surface area contributed by atoms with Crippen molar-refractivity contribution in [2.45, 2.75) is 0 Å². The first-order chi connectivity index (χ1) is 8.49. The Balaban J connectivity index is 2.61. The number of carbonyl (C=O) groups is 1. The second kappa shape index (κ2) is 5.07. The average Bonchev–Trinajstić information content (AvgIpc) is 2.30. The third kappa shape index (κ3) is 2.54. The second-order valence-corrected chi connectivity index (χ2v) is 5.03. The molecule has 18 heavy (non-hydrogen) atoms. The summed E-state index contributed by atoms with van der Waals surface area (Å²) in [5.41, 5.74) is -0.660. The van der Waals surface area contributed by atoms with Gasteiger partial charge in [-0.05, 0) is 40.8 Å². The highest BCUT2D eigenvalue weighted by atomic mass is 127. The van der Waals surface area contributed by atoms with Gasteiger partial charge in [-0.15, -0.1) is 0 Å². The van der Waals surface area contributed by atoms with Crippen molar-refractivity contribution >= 4 is 40.2 Å².